The average Bonchev–Trinajstić information content (AvgIpc) is 3.25. The first-order chi connectivity index (χ1) is 11.6. The van der Waals surface area contributed by atoms with Gasteiger partial charge < -0.3 is 5.11 Å². The number of thiazole rings is 1. The Morgan fingerprint density at radius 3 is 3.04 bits per heavy atom. The van der Waals surface area contributed by atoms with Crippen molar-refractivity contribution in [1.82, 2.24) is 19.7 Å². The summed E-state index contributed by atoms with van der Waals surface area (Å²) < 4.78 is 2.09. The summed E-state index contributed by atoms with van der Waals surface area (Å²) in [6.45, 7) is 8.37. The number of carboxylic acids is 1. The summed E-state index contributed by atoms with van der Waals surface area (Å²) in [5, 5.41) is 16.0. The zero-order valence-electron chi connectivity index (χ0n) is 14.2. The number of aryl methyl sites for hydroxylation is 1. The molecular formula is C17H24N4O2S. The molecule has 1 unspecified atom stereocenters. The summed E-state index contributed by atoms with van der Waals surface area (Å²) in [7, 11) is 0. The highest BCUT2D eigenvalue weighted by Gasteiger charge is 2.25. The van der Waals surface area contributed by atoms with E-state index >= 15 is 0 Å². The van der Waals surface area contributed by atoms with Crippen LogP contribution in [0.15, 0.2) is 11.6 Å². The van der Waals surface area contributed by atoms with Crippen molar-refractivity contribution in [3.63, 3.8) is 0 Å². The first kappa shape index (κ1) is 17.1. The van der Waals surface area contributed by atoms with E-state index in [1.165, 1.54) is 22.6 Å². The van der Waals surface area contributed by atoms with Crippen LogP contribution in [-0.4, -0.2) is 43.8 Å². The lowest BCUT2D eigenvalue weighted by atomic mass is 10.1. The maximum atomic E-state index is 10.9. The Morgan fingerprint density at radius 1 is 1.50 bits per heavy atom. The second kappa shape index (κ2) is 7.44. The lowest BCUT2D eigenvalue weighted by Crippen LogP contribution is -2.21. The number of hydrogen-bond acceptors (Lipinski definition) is 5. The monoisotopic (exact) mass is 348 g/mol. The molecule has 0 aliphatic carbocycles. The predicted octanol–water partition coefficient (Wildman–Crippen LogP) is 2.82. The van der Waals surface area contributed by atoms with Gasteiger partial charge in [0, 0.05) is 42.7 Å². The van der Waals surface area contributed by atoms with Gasteiger partial charge in [0.25, 0.3) is 0 Å². The highest BCUT2D eigenvalue weighted by Crippen LogP contribution is 2.24. The van der Waals surface area contributed by atoms with E-state index in [0.29, 0.717) is 5.92 Å². The molecule has 0 spiro atoms. The van der Waals surface area contributed by atoms with Crippen molar-refractivity contribution in [2.75, 3.05) is 13.1 Å². The molecule has 2 aromatic heterocycles. The van der Waals surface area contributed by atoms with Gasteiger partial charge in [-0.3, -0.25) is 9.58 Å². The van der Waals surface area contributed by atoms with E-state index in [9.17, 15) is 4.79 Å². The summed E-state index contributed by atoms with van der Waals surface area (Å²) in [5.41, 5.74) is 2.75. The van der Waals surface area contributed by atoms with Gasteiger partial charge in [0.15, 0.2) is 5.69 Å². The Balaban J connectivity index is 1.54. The third-order valence-corrected chi connectivity index (χ3v) is 5.51. The van der Waals surface area contributed by atoms with Crippen LogP contribution in [0, 0.1) is 12.8 Å². The molecule has 0 bridgehead atoms. The molecule has 7 heteroatoms. The fourth-order valence-corrected chi connectivity index (χ4v) is 4.18. The number of rotatable bonds is 7. The van der Waals surface area contributed by atoms with Crippen LogP contribution in [0.2, 0.25) is 0 Å². The van der Waals surface area contributed by atoms with Crippen LogP contribution in [0.1, 0.15) is 46.5 Å². The van der Waals surface area contributed by atoms with E-state index in [1.807, 2.05) is 6.20 Å². The quantitative estimate of drug-likeness (QED) is 0.833. The minimum atomic E-state index is -0.940. The number of nitrogens with zero attached hydrogens (tertiary/aromatic N) is 4. The molecule has 0 saturated carbocycles. The Bertz CT molecular complexity index is 709. The number of hydrogen-bond donors (Lipinski definition) is 1. The highest BCUT2D eigenvalue weighted by molar-refractivity contribution is 7.09. The molecule has 1 N–H and O–H groups in total. The number of aromatic carboxylic acids is 1. The predicted molar refractivity (Wildman–Crippen MR) is 93.4 cm³/mol. The summed E-state index contributed by atoms with van der Waals surface area (Å²) in [5.74, 6) is -0.381. The van der Waals surface area contributed by atoms with Crippen LogP contribution in [0.4, 0.5) is 0 Å². The first-order valence-corrected chi connectivity index (χ1v) is 9.36. The van der Waals surface area contributed by atoms with Crippen LogP contribution in [-0.2, 0) is 19.5 Å². The molecule has 0 aromatic carbocycles. The molecule has 0 amide bonds. The van der Waals surface area contributed by atoms with Gasteiger partial charge >= 0.3 is 5.97 Å². The molecule has 1 fully saturated rings. The standard InChI is InChI=1S/C17H24N4O2S/c1-3-5-21-12(2)14(8-18-21)10-20-6-4-13(9-20)7-16-19-15(11-24-16)17(22)23/h8,11,13H,3-7,9-10H2,1-2H3,(H,22,23). The van der Waals surface area contributed by atoms with Crippen molar-refractivity contribution >= 4 is 17.3 Å². The fourth-order valence-electron chi connectivity index (χ4n) is 3.29. The van der Waals surface area contributed by atoms with Crippen molar-refractivity contribution in [3.05, 3.63) is 33.5 Å². The van der Waals surface area contributed by atoms with Crippen LogP contribution >= 0.6 is 11.3 Å². The highest BCUT2D eigenvalue weighted by atomic mass is 32.1. The molecule has 3 heterocycles. The van der Waals surface area contributed by atoms with E-state index in [2.05, 4.69) is 33.5 Å². The van der Waals surface area contributed by atoms with Crippen LogP contribution in [0.25, 0.3) is 0 Å². The van der Waals surface area contributed by atoms with Crippen LogP contribution in [0.3, 0.4) is 0 Å². The lowest BCUT2D eigenvalue weighted by Gasteiger charge is -2.15. The fraction of sp³-hybridized carbons (Fsp3) is 0.588. The van der Waals surface area contributed by atoms with Gasteiger partial charge in [0.1, 0.15) is 0 Å². The number of likely N-dealkylation sites (tertiary alicyclic amines) is 1. The number of carboxylic acid groups (broad SMARTS) is 1. The van der Waals surface area contributed by atoms with Gasteiger partial charge in [0.2, 0.25) is 0 Å². The lowest BCUT2D eigenvalue weighted by molar-refractivity contribution is 0.0691. The third kappa shape index (κ3) is 3.84. The zero-order valence-corrected chi connectivity index (χ0v) is 15.1. The minimum Gasteiger partial charge on any atom is -0.476 e. The van der Waals surface area contributed by atoms with Crippen molar-refractivity contribution in [3.8, 4) is 0 Å². The van der Waals surface area contributed by atoms with E-state index < -0.39 is 5.97 Å². The summed E-state index contributed by atoms with van der Waals surface area (Å²) in [6, 6.07) is 0. The molecule has 130 valence electrons. The summed E-state index contributed by atoms with van der Waals surface area (Å²) >= 11 is 1.46. The van der Waals surface area contributed by atoms with Crippen LogP contribution in [0.5, 0.6) is 0 Å². The van der Waals surface area contributed by atoms with E-state index in [1.54, 1.807) is 5.38 Å². The Kier molecular flexibility index (Phi) is 5.30. The SMILES string of the molecule is CCCn1ncc(CN2CCC(Cc3nc(C(=O)O)cs3)C2)c1C. The molecule has 1 aliphatic heterocycles. The normalized spacial score (nSPS) is 18.3. The van der Waals surface area contributed by atoms with Gasteiger partial charge in [-0.2, -0.15) is 5.10 Å². The van der Waals surface area contributed by atoms with Gasteiger partial charge in [0.05, 0.1) is 11.2 Å². The average molecular weight is 348 g/mol. The van der Waals surface area contributed by atoms with Gasteiger partial charge in [-0.25, -0.2) is 9.78 Å². The second-order valence-corrected chi connectivity index (χ2v) is 7.45. The molecule has 0 radical (unpaired) electrons. The van der Waals surface area contributed by atoms with Crippen molar-refractivity contribution in [2.24, 2.45) is 5.92 Å². The Labute approximate surface area is 146 Å². The maximum Gasteiger partial charge on any atom is 0.355 e. The van der Waals surface area contributed by atoms with Crippen molar-refractivity contribution in [2.45, 2.75) is 46.2 Å². The first-order valence-electron chi connectivity index (χ1n) is 8.48. The Morgan fingerprint density at radius 2 is 2.33 bits per heavy atom. The van der Waals surface area contributed by atoms with Gasteiger partial charge in [-0.1, -0.05) is 6.92 Å². The van der Waals surface area contributed by atoms with Crippen LogP contribution < -0.4 is 0 Å². The van der Waals surface area contributed by atoms with Crippen molar-refractivity contribution in [1.29, 1.82) is 0 Å². The minimum absolute atomic E-state index is 0.170. The Hall–Kier alpha value is -1.73. The number of aromatic nitrogens is 3. The molecule has 6 nitrogen and oxygen atoms in total. The topological polar surface area (TPSA) is 71.2 Å². The molecule has 24 heavy (non-hydrogen) atoms. The molecule has 1 atom stereocenters. The van der Waals surface area contributed by atoms with E-state index in [-0.39, 0.29) is 5.69 Å². The van der Waals surface area contributed by atoms with E-state index in [0.717, 1.165) is 50.4 Å². The largest absolute Gasteiger partial charge is 0.476 e. The smallest absolute Gasteiger partial charge is 0.355 e. The zero-order chi connectivity index (χ0) is 17.1. The third-order valence-electron chi connectivity index (χ3n) is 4.64. The number of carbonyl (C=O) groups is 1. The molecular weight excluding hydrogens is 324 g/mol. The molecule has 1 saturated heterocycles. The van der Waals surface area contributed by atoms with Gasteiger partial charge in [-0.05, 0) is 32.2 Å². The molecule has 3 rings (SSSR count). The summed E-state index contributed by atoms with van der Waals surface area (Å²) in [4.78, 5) is 17.6. The second-order valence-electron chi connectivity index (χ2n) is 6.50. The summed E-state index contributed by atoms with van der Waals surface area (Å²) in [6.07, 6.45) is 5.12. The molecule has 2 aromatic rings. The maximum absolute atomic E-state index is 10.9. The van der Waals surface area contributed by atoms with Crippen molar-refractivity contribution < 1.29 is 9.90 Å². The molecule has 1 aliphatic rings. The van der Waals surface area contributed by atoms with E-state index in [4.69, 9.17) is 5.11 Å². The van der Waals surface area contributed by atoms with Gasteiger partial charge in [-0.15, -0.1) is 11.3 Å².